The molecule has 1 rings (SSSR count). The third-order valence-corrected chi connectivity index (χ3v) is 3.03. The summed E-state index contributed by atoms with van der Waals surface area (Å²) in [6, 6.07) is 5.75. The number of hydrogen-bond acceptors (Lipinski definition) is 2. The van der Waals surface area contributed by atoms with Crippen LogP contribution >= 0.6 is 0 Å². The van der Waals surface area contributed by atoms with Gasteiger partial charge in [-0.1, -0.05) is 26.0 Å². The zero-order valence-corrected chi connectivity index (χ0v) is 11.6. The van der Waals surface area contributed by atoms with Crippen molar-refractivity contribution in [2.45, 2.75) is 26.2 Å². The molecule has 100 valence electrons. The van der Waals surface area contributed by atoms with Crippen LogP contribution in [0.25, 0.3) is 0 Å². The van der Waals surface area contributed by atoms with E-state index in [1.807, 2.05) is 12.1 Å². The van der Waals surface area contributed by atoms with Crippen LogP contribution in [-0.2, 0) is 6.42 Å². The number of nitrogens with two attached hydrogens (primary N) is 1. The lowest BCUT2D eigenvalue weighted by Gasteiger charge is -2.16. The van der Waals surface area contributed by atoms with E-state index in [1.165, 1.54) is 16.0 Å². The maximum atomic E-state index is 10.9. The molecular formula is C14H22N2O2. The van der Waals surface area contributed by atoms with Crippen molar-refractivity contribution in [3.63, 3.8) is 0 Å². The lowest BCUT2D eigenvalue weighted by molar-refractivity contribution is 0.219. The predicted octanol–water partition coefficient (Wildman–Crippen LogP) is 2.37. The molecule has 4 heteroatoms. The van der Waals surface area contributed by atoms with E-state index in [-0.39, 0.29) is 0 Å². The van der Waals surface area contributed by atoms with Crippen LogP contribution in [0.2, 0.25) is 0 Å². The van der Waals surface area contributed by atoms with Gasteiger partial charge in [0.2, 0.25) is 0 Å². The normalized spacial score (nSPS) is 10.5. The number of ether oxygens (including phenoxy) is 1. The molecule has 0 fully saturated rings. The fourth-order valence-corrected chi connectivity index (χ4v) is 1.80. The largest absolute Gasteiger partial charge is 0.496 e. The highest BCUT2D eigenvalue weighted by atomic mass is 16.5. The van der Waals surface area contributed by atoms with E-state index in [2.05, 4.69) is 19.9 Å². The summed E-state index contributed by atoms with van der Waals surface area (Å²) in [6.07, 6.45) is 0.795. The molecule has 0 heterocycles. The fraction of sp³-hybridized carbons (Fsp3) is 0.500. The Hall–Kier alpha value is -1.71. The molecule has 1 aromatic carbocycles. The molecule has 0 aliphatic heterocycles. The van der Waals surface area contributed by atoms with E-state index in [0.29, 0.717) is 12.5 Å². The predicted molar refractivity (Wildman–Crippen MR) is 73.0 cm³/mol. The summed E-state index contributed by atoms with van der Waals surface area (Å²) in [5.41, 5.74) is 7.57. The third kappa shape index (κ3) is 3.65. The minimum atomic E-state index is -0.396. The number of primary amides is 1. The summed E-state index contributed by atoms with van der Waals surface area (Å²) in [5, 5.41) is 0. The minimum Gasteiger partial charge on any atom is -0.496 e. The summed E-state index contributed by atoms with van der Waals surface area (Å²) in [6.45, 7) is 4.90. The molecule has 0 aliphatic carbocycles. The number of benzene rings is 1. The highest BCUT2D eigenvalue weighted by Crippen LogP contribution is 2.27. The van der Waals surface area contributed by atoms with Gasteiger partial charge in [0.25, 0.3) is 0 Å². The standard InChI is InChI=1S/C14H22N2O2/c1-10(2)12-9-11(5-6-13(12)18-4)7-8-16(3)14(15)17/h5-6,9-10H,7-8H2,1-4H3,(H2,15,17). The van der Waals surface area contributed by atoms with Gasteiger partial charge in [0.1, 0.15) is 5.75 Å². The van der Waals surface area contributed by atoms with Gasteiger partial charge in [-0.05, 0) is 29.5 Å². The summed E-state index contributed by atoms with van der Waals surface area (Å²) >= 11 is 0. The van der Waals surface area contributed by atoms with Gasteiger partial charge in [-0.15, -0.1) is 0 Å². The van der Waals surface area contributed by atoms with E-state index >= 15 is 0 Å². The quantitative estimate of drug-likeness (QED) is 0.872. The van der Waals surface area contributed by atoms with E-state index in [1.54, 1.807) is 14.2 Å². The molecule has 0 saturated heterocycles. The van der Waals surface area contributed by atoms with Crippen molar-refractivity contribution in [2.75, 3.05) is 20.7 Å². The molecule has 0 bridgehead atoms. The highest BCUT2D eigenvalue weighted by molar-refractivity contribution is 5.71. The second-order valence-corrected chi connectivity index (χ2v) is 4.74. The molecule has 0 aromatic heterocycles. The molecule has 2 amide bonds. The molecule has 0 radical (unpaired) electrons. The van der Waals surface area contributed by atoms with Gasteiger partial charge >= 0.3 is 6.03 Å². The first kappa shape index (κ1) is 14.4. The second-order valence-electron chi connectivity index (χ2n) is 4.74. The second kappa shape index (κ2) is 6.28. The number of nitrogens with zero attached hydrogens (tertiary/aromatic N) is 1. The number of amides is 2. The SMILES string of the molecule is COc1ccc(CCN(C)C(N)=O)cc1C(C)C. The monoisotopic (exact) mass is 250 g/mol. The molecule has 0 spiro atoms. The van der Waals surface area contributed by atoms with Crippen LogP contribution in [0.4, 0.5) is 4.79 Å². The highest BCUT2D eigenvalue weighted by Gasteiger charge is 2.09. The maximum Gasteiger partial charge on any atom is 0.314 e. The Morgan fingerprint density at radius 1 is 1.44 bits per heavy atom. The third-order valence-electron chi connectivity index (χ3n) is 3.03. The van der Waals surface area contributed by atoms with Gasteiger partial charge in [0.05, 0.1) is 7.11 Å². The molecule has 0 saturated carbocycles. The van der Waals surface area contributed by atoms with Crippen LogP contribution in [0.5, 0.6) is 5.75 Å². The van der Waals surface area contributed by atoms with Crippen LogP contribution in [-0.4, -0.2) is 31.6 Å². The average Bonchev–Trinajstić information content (AvgIpc) is 2.35. The van der Waals surface area contributed by atoms with Crippen molar-refractivity contribution >= 4 is 6.03 Å². The molecule has 0 atom stereocenters. The van der Waals surface area contributed by atoms with Crippen molar-refractivity contribution in [1.29, 1.82) is 0 Å². The molecule has 0 unspecified atom stereocenters. The van der Waals surface area contributed by atoms with Gasteiger partial charge in [0, 0.05) is 13.6 Å². The molecule has 18 heavy (non-hydrogen) atoms. The maximum absolute atomic E-state index is 10.9. The van der Waals surface area contributed by atoms with Crippen LogP contribution in [0.1, 0.15) is 30.9 Å². The zero-order valence-electron chi connectivity index (χ0n) is 11.6. The summed E-state index contributed by atoms with van der Waals surface area (Å²) in [7, 11) is 3.39. The molecule has 4 nitrogen and oxygen atoms in total. The summed E-state index contributed by atoms with van der Waals surface area (Å²) in [4.78, 5) is 12.4. The minimum absolute atomic E-state index is 0.396. The van der Waals surface area contributed by atoms with E-state index in [9.17, 15) is 4.79 Å². The summed E-state index contributed by atoms with van der Waals surface area (Å²) in [5.74, 6) is 1.32. The molecule has 1 aromatic rings. The fourth-order valence-electron chi connectivity index (χ4n) is 1.80. The van der Waals surface area contributed by atoms with Gasteiger partial charge in [-0.2, -0.15) is 0 Å². The lowest BCUT2D eigenvalue weighted by atomic mass is 9.98. The molecular weight excluding hydrogens is 228 g/mol. The number of rotatable bonds is 5. The van der Waals surface area contributed by atoms with E-state index in [0.717, 1.165) is 12.2 Å². The Kier molecular flexibility index (Phi) is 5.01. The Bertz CT molecular complexity index is 416. The van der Waals surface area contributed by atoms with Crippen LogP contribution in [0.3, 0.4) is 0 Å². The van der Waals surface area contributed by atoms with Crippen molar-refractivity contribution in [2.24, 2.45) is 5.73 Å². The van der Waals surface area contributed by atoms with E-state index < -0.39 is 6.03 Å². The van der Waals surface area contributed by atoms with Gasteiger partial charge in [-0.3, -0.25) is 0 Å². The number of hydrogen-bond donors (Lipinski definition) is 1. The zero-order chi connectivity index (χ0) is 13.7. The van der Waals surface area contributed by atoms with Crippen molar-refractivity contribution in [3.8, 4) is 5.75 Å². The first-order valence-corrected chi connectivity index (χ1v) is 6.13. The van der Waals surface area contributed by atoms with Gasteiger partial charge in [0.15, 0.2) is 0 Å². The first-order valence-electron chi connectivity index (χ1n) is 6.13. The Balaban J connectivity index is 2.79. The van der Waals surface area contributed by atoms with Crippen LogP contribution in [0, 0.1) is 0 Å². The Morgan fingerprint density at radius 3 is 2.61 bits per heavy atom. The first-order chi connectivity index (χ1) is 8.45. The summed E-state index contributed by atoms with van der Waals surface area (Å²) < 4.78 is 5.34. The van der Waals surface area contributed by atoms with Gasteiger partial charge in [-0.25, -0.2) is 4.79 Å². The van der Waals surface area contributed by atoms with E-state index in [4.69, 9.17) is 10.5 Å². The average molecular weight is 250 g/mol. The van der Waals surface area contributed by atoms with Crippen molar-refractivity contribution < 1.29 is 9.53 Å². The number of carbonyl (C=O) groups excluding carboxylic acids is 1. The van der Waals surface area contributed by atoms with Crippen molar-refractivity contribution in [1.82, 2.24) is 4.90 Å². The molecule has 0 aliphatic rings. The number of carbonyl (C=O) groups is 1. The number of methoxy groups -OCH3 is 1. The Labute approximate surface area is 109 Å². The van der Waals surface area contributed by atoms with Crippen LogP contribution in [0.15, 0.2) is 18.2 Å². The van der Waals surface area contributed by atoms with Crippen molar-refractivity contribution in [3.05, 3.63) is 29.3 Å². The van der Waals surface area contributed by atoms with Crippen LogP contribution < -0.4 is 10.5 Å². The number of likely N-dealkylation sites (N-methyl/N-ethyl adjacent to an activating group) is 1. The Morgan fingerprint density at radius 2 is 2.11 bits per heavy atom. The smallest absolute Gasteiger partial charge is 0.314 e. The lowest BCUT2D eigenvalue weighted by Crippen LogP contribution is -2.33. The number of urea groups is 1. The molecule has 2 N–H and O–H groups in total. The van der Waals surface area contributed by atoms with Gasteiger partial charge < -0.3 is 15.4 Å². The topological polar surface area (TPSA) is 55.6 Å².